The number of pyridine rings is 1. The van der Waals surface area contributed by atoms with E-state index in [0.29, 0.717) is 17.5 Å². The topological polar surface area (TPSA) is 85.8 Å². The number of imidazole rings is 1. The van der Waals surface area contributed by atoms with Crippen molar-refractivity contribution in [2.45, 2.75) is 32.4 Å². The molecule has 4 rings (SSSR count). The Balaban J connectivity index is 1.70. The Labute approximate surface area is 134 Å². The number of nitrogens with two attached hydrogens (primary N) is 1. The summed E-state index contributed by atoms with van der Waals surface area (Å²) >= 11 is 0. The third-order valence-electron chi connectivity index (χ3n) is 4.48. The smallest absolute Gasteiger partial charge is 0.166 e. The van der Waals surface area contributed by atoms with E-state index in [-0.39, 0.29) is 0 Å². The fourth-order valence-electron chi connectivity index (χ4n) is 3.30. The van der Waals surface area contributed by atoms with Crippen LogP contribution in [0.2, 0.25) is 0 Å². The molecule has 118 valence electrons. The lowest BCUT2D eigenvalue weighted by atomic mass is 10.2. The molecule has 3 aromatic heterocycles. The van der Waals surface area contributed by atoms with Gasteiger partial charge in [-0.2, -0.15) is 0 Å². The zero-order valence-electron chi connectivity index (χ0n) is 13.1. The van der Waals surface area contributed by atoms with Gasteiger partial charge in [0.15, 0.2) is 5.65 Å². The highest BCUT2D eigenvalue weighted by atomic mass is 15.3. The van der Waals surface area contributed by atoms with Crippen molar-refractivity contribution in [3.05, 3.63) is 36.7 Å². The summed E-state index contributed by atoms with van der Waals surface area (Å²) in [6.07, 6.45) is 7.76. The molecule has 0 aliphatic carbocycles. The van der Waals surface area contributed by atoms with Gasteiger partial charge in [-0.3, -0.25) is 0 Å². The van der Waals surface area contributed by atoms with Gasteiger partial charge in [0.1, 0.15) is 23.8 Å². The van der Waals surface area contributed by atoms with Crippen molar-refractivity contribution in [3.63, 3.8) is 0 Å². The van der Waals surface area contributed by atoms with Crippen LogP contribution in [0, 0.1) is 6.92 Å². The third-order valence-corrected chi connectivity index (χ3v) is 4.48. The van der Waals surface area contributed by atoms with Crippen LogP contribution in [0.3, 0.4) is 0 Å². The average molecular weight is 309 g/mol. The Bertz CT molecular complexity index is 841. The molecule has 0 amide bonds. The number of nitrogen functional groups attached to an aromatic ring is 1. The van der Waals surface area contributed by atoms with Crippen molar-refractivity contribution in [2.75, 3.05) is 17.2 Å². The minimum atomic E-state index is 0.401. The van der Waals surface area contributed by atoms with Gasteiger partial charge in [0.05, 0.1) is 5.39 Å². The van der Waals surface area contributed by atoms with Crippen LogP contribution >= 0.6 is 0 Å². The number of rotatable bonds is 3. The molecular formula is C16H19N7. The predicted octanol–water partition coefficient (Wildman–Crippen LogP) is 1.78. The van der Waals surface area contributed by atoms with Crippen LogP contribution in [0.5, 0.6) is 0 Å². The maximum absolute atomic E-state index is 5.77. The zero-order valence-corrected chi connectivity index (χ0v) is 13.1. The first kappa shape index (κ1) is 13.9. The first-order valence-electron chi connectivity index (χ1n) is 7.84. The Morgan fingerprint density at radius 2 is 2.17 bits per heavy atom. The van der Waals surface area contributed by atoms with Crippen LogP contribution in [-0.4, -0.2) is 37.1 Å². The normalized spacial score (nSPS) is 18.0. The van der Waals surface area contributed by atoms with E-state index in [1.807, 2.05) is 25.4 Å². The monoisotopic (exact) mass is 309 g/mol. The highest BCUT2D eigenvalue weighted by molar-refractivity contribution is 5.87. The molecule has 0 bridgehead atoms. The summed E-state index contributed by atoms with van der Waals surface area (Å²) in [5.74, 6) is 2.47. The van der Waals surface area contributed by atoms with Crippen LogP contribution in [0.15, 0.2) is 30.9 Å². The molecular weight excluding hydrogens is 290 g/mol. The number of hydrogen-bond donors (Lipinski definition) is 1. The molecule has 0 spiro atoms. The summed E-state index contributed by atoms with van der Waals surface area (Å²) in [6, 6.07) is 4.17. The largest absolute Gasteiger partial charge is 0.384 e. The Morgan fingerprint density at radius 1 is 1.26 bits per heavy atom. The lowest BCUT2D eigenvalue weighted by Crippen LogP contribution is -2.34. The minimum absolute atomic E-state index is 0.401. The third kappa shape index (κ3) is 2.48. The second-order valence-corrected chi connectivity index (χ2v) is 5.92. The second-order valence-electron chi connectivity index (χ2n) is 5.92. The van der Waals surface area contributed by atoms with Crippen LogP contribution in [0.25, 0.3) is 11.0 Å². The molecule has 1 aliphatic rings. The Kier molecular flexibility index (Phi) is 3.33. The molecule has 4 heterocycles. The fourth-order valence-corrected chi connectivity index (χ4v) is 3.30. The molecule has 0 unspecified atom stereocenters. The highest BCUT2D eigenvalue weighted by Crippen LogP contribution is 2.30. The highest BCUT2D eigenvalue weighted by Gasteiger charge is 2.27. The van der Waals surface area contributed by atoms with Crippen LogP contribution in [-0.2, 0) is 6.54 Å². The molecule has 2 N–H and O–H groups in total. The summed E-state index contributed by atoms with van der Waals surface area (Å²) < 4.78 is 2.20. The van der Waals surface area contributed by atoms with Crippen molar-refractivity contribution >= 4 is 22.7 Å². The molecule has 3 aromatic rings. The lowest BCUT2D eigenvalue weighted by molar-refractivity contribution is 0.539. The molecule has 0 saturated carbocycles. The number of aryl methyl sites for hydroxylation is 1. The zero-order chi connectivity index (χ0) is 15.8. The van der Waals surface area contributed by atoms with Crippen molar-refractivity contribution in [2.24, 2.45) is 0 Å². The molecule has 1 saturated heterocycles. The Morgan fingerprint density at radius 3 is 3.00 bits per heavy atom. The number of fused-ring (bicyclic) bond motifs is 1. The SMILES string of the molecule is Cc1nccn1C[C@@H]1CCCN1c1ncnc2nc(N)ccc12. The van der Waals surface area contributed by atoms with E-state index in [9.17, 15) is 0 Å². The molecule has 1 atom stereocenters. The molecule has 7 heteroatoms. The summed E-state index contributed by atoms with van der Waals surface area (Å²) in [6.45, 7) is 3.95. The van der Waals surface area contributed by atoms with Gasteiger partial charge in [-0.1, -0.05) is 0 Å². The van der Waals surface area contributed by atoms with Crippen molar-refractivity contribution in [1.82, 2.24) is 24.5 Å². The van der Waals surface area contributed by atoms with Gasteiger partial charge in [-0.15, -0.1) is 0 Å². The fraction of sp³-hybridized carbons (Fsp3) is 0.375. The van der Waals surface area contributed by atoms with Crippen molar-refractivity contribution in [1.29, 1.82) is 0 Å². The lowest BCUT2D eigenvalue weighted by Gasteiger charge is -2.27. The van der Waals surface area contributed by atoms with Gasteiger partial charge >= 0.3 is 0 Å². The van der Waals surface area contributed by atoms with Gasteiger partial charge in [0, 0.05) is 31.5 Å². The van der Waals surface area contributed by atoms with Crippen LogP contribution < -0.4 is 10.6 Å². The van der Waals surface area contributed by atoms with Crippen molar-refractivity contribution in [3.8, 4) is 0 Å². The molecule has 23 heavy (non-hydrogen) atoms. The molecule has 1 fully saturated rings. The number of hydrogen-bond acceptors (Lipinski definition) is 6. The summed E-state index contributed by atoms with van der Waals surface area (Å²) in [5, 5.41) is 0.955. The van der Waals surface area contributed by atoms with Gasteiger partial charge in [0.2, 0.25) is 0 Å². The molecule has 0 aromatic carbocycles. The molecule has 0 radical (unpaired) electrons. The maximum atomic E-state index is 5.77. The average Bonchev–Trinajstić information content (AvgIpc) is 3.16. The van der Waals surface area contributed by atoms with E-state index < -0.39 is 0 Å². The first-order valence-corrected chi connectivity index (χ1v) is 7.84. The minimum Gasteiger partial charge on any atom is -0.384 e. The van der Waals surface area contributed by atoms with E-state index in [1.165, 1.54) is 0 Å². The summed E-state index contributed by atoms with van der Waals surface area (Å²) in [4.78, 5) is 19.8. The van der Waals surface area contributed by atoms with E-state index in [1.54, 1.807) is 12.4 Å². The van der Waals surface area contributed by atoms with E-state index in [4.69, 9.17) is 5.73 Å². The number of nitrogens with zero attached hydrogens (tertiary/aromatic N) is 6. The van der Waals surface area contributed by atoms with E-state index in [2.05, 4.69) is 29.4 Å². The summed E-state index contributed by atoms with van der Waals surface area (Å²) in [5.41, 5.74) is 6.42. The second kappa shape index (κ2) is 5.49. The van der Waals surface area contributed by atoms with Crippen molar-refractivity contribution < 1.29 is 0 Å². The molecule has 1 aliphatic heterocycles. The number of anilines is 2. The quantitative estimate of drug-likeness (QED) is 0.793. The summed E-state index contributed by atoms with van der Waals surface area (Å²) in [7, 11) is 0. The van der Waals surface area contributed by atoms with Gasteiger partial charge in [-0.25, -0.2) is 19.9 Å². The van der Waals surface area contributed by atoms with Gasteiger partial charge in [0.25, 0.3) is 0 Å². The first-order chi connectivity index (χ1) is 11.2. The maximum Gasteiger partial charge on any atom is 0.166 e. The molecule has 7 nitrogen and oxygen atoms in total. The standard InChI is InChI=1S/C16H19N7/c1-11-18-6-8-22(11)9-12-3-2-7-23(12)16-13-4-5-14(17)21-15(13)19-10-20-16/h4-6,8,10,12H,2-3,7,9H2,1H3,(H2,17,19,20,21)/t12-/m0/s1. The van der Waals surface area contributed by atoms with Crippen LogP contribution in [0.4, 0.5) is 11.6 Å². The van der Waals surface area contributed by atoms with E-state index in [0.717, 1.165) is 43.0 Å². The number of aromatic nitrogens is 5. The predicted molar refractivity (Wildman–Crippen MR) is 89.1 cm³/mol. The van der Waals surface area contributed by atoms with E-state index >= 15 is 0 Å². The van der Waals surface area contributed by atoms with Crippen LogP contribution in [0.1, 0.15) is 18.7 Å². The van der Waals surface area contributed by atoms with Gasteiger partial charge in [-0.05, 0) is 31.9 Å². The van der Waals surface area contributed by atoms with Gasteiger partial charge < -0.3 is 15.2 Å². The Hall–Kier alpha value is -2.70.